The Morgan fingerprint density at radius 2 is 1.75 bits per heavy atom. The molecule has 2 aromatic carbocycles. The van der Waals surface area contributed by atoms with Gasteiger partial charge in [-0.3, -0.25) is 4.79 Å². The number of halogens is 4. The van der Waals surface area contributed by atoms with E-state index < -0.39 is 17.6 Å². The van der Waals surface area contributed by atoms with Gasteiger partial charge in [-0.2, -0.15) is 13.2 Å². The second-order valence-electron chi connectivity index (χ2n) is 4.11. The van der Waals surface area contributed by atoms with E-state index in [-0.39, 0.29) is 5.56 Å². The molecule has 0 atom stereocenters. The highest BCUT2D eigenvalue weighted by molar-refractivity contribution is 9.10. The molecule has 0 aliphatic rings. The van der Waals surface area contributed by atoms with Gasteiger partial charge in [-0.15, -0.1) is 0 Å². The first-order valence-corrected chi connectivity index (χ1v) is 6.36. The fraction of sp³-hybridized carbons (Fsp3) is 0.0714. The minimum absolute atomic E-state index is 0.222. The monoisotopic (exact) mass is 343 g/mol. The molecule has 0 radical (unpaired) electrons. The Kier molecular flexibility index (Phi) is 3.85. The van der Waals surface area contributed by atoms with Crippen LogP contribution < -0.4 is 5.73 Å². The van der Waals surface area contributed by atoms with Crippen LogP contribution in [0.2, 0.25) is 0 Å². The fourth-order valence-electron chi connectivity index (χ4n) is 1.81. The average Bonchev–Trinajstić information content (AvgIpc) is 2.38. The molecule has 0 unspecified atom stereocenters. The third kappa shape index (κ3) is 2.85. The zero-order valence-electron chi connectivity index (χ0n) is 10.0. The fourth-order valence-corrected chi connectivity index (χ4v) is 2.50. The van der Waals surface area contributed by atoms with E-state index in [1.165, 1.54) is 12.1 Å². The highest BCUT2D eigenvalue weighted by Crippen LogP contribution is 2.35. The first-order valence-electron chi connectivity index (χ1n) is 5.56. The van der Waals surface area contributed by atoms with E-state index in [2.05, 4.69) is 15.9 Å². The van der Waals surface area contributed by atoms with Crippen LogP contribution in [0.15, 0.2) is 46.9 Å². The number of nitrogens with two attached hydrogens (primary N) is 1. The van der Waals surface area contributed by atoms with Crippen molar-refractivity contribution in [2.45, 2.75) is 6.18 Å². The van der Waals surface area contributed by atoms with Gasteiger partial charge in [0.15, 0.2) is 0 Å². The Morgan fingerprint density at radius 1 is 1.10 bits per heavy atom. The van der Waals surface area contributed by atoms with Gasteiger partial charge in [0, 0.05) is 4.47 Å². The molecule has 2 aromatic rings. The minimum atomic E-state index is -4.41. The molecular formula is C14H9BrF3NO. The summed E-state index contributed by atoms with van der Waals surface area (Å²) in [5.74, 6) is -0.647. The number of rotatable bonds is 2. The number of benzene rings is 2. The van der Waals surface area contributed by atoms with Gasteiger partial charge in [-0.1, -0.05) is 24.3 Å². The Hall–Kier alpha value is -1.82. The largest absolute Gasteiger partial charge is 0.416 e. The summed E-state index contributed by atoms with van der Waals surface area (Å²) in [6, 6.07) is 9.58. The van der Waals surface area contributed by atoms with E-state index in [4.69, 9.17) is 5.73 Å². The molecule has 20 heavy (non-hydrogen) atoms. The van der Waals surface area contributed by atoms with Crippen LogP contribution in [0.25, 0.3) is 11.1 Å². The van der Waals surface area contributed by atoms with E-state index in [9.17, 15) is 18.0 Å². The first-order chi connectivity index (χ1) is 9.30. The quantitative estimate of drug-likeness (QED) is 0.870. The van der Waals surface area contributed by atoms with E-state index >= 15 is 0 Å². The predicted octanol–water partition coefficient (Wildman–Crippen LogP) is 4.23. The molecule has 0 saturated carbocycles. The van der Waals surface area contributed by atoms with E-state index in [0.717, 1.165) is 12.1 Å². The Morgan fingerprint density at radius 3 is 2.35 bits per heavy atom. The van der Waals surface area contributed by atoms with Crippen LogP contribution in [-0.2, 0) is 6.18 Å². The van der Waals surface area contributed by atoms with Crippen molar-refractivity contribution in [3.63, 3.8) is 0 Å². The summed E-state index contributed by atoms with van der Waals surface area (Å²) in [7, 11) is 0. The number of carbonyl (C=O) groups excluding carboxylic acids is 1. The second kappa shape index (κ2) is 5.28. The lowest BCUT2D eigenvalue weighted by atomic mass is 10.0. The molecule has 0 aliphatic heterocycles. The molecule has 0 bridgehead atoms. The topological polar surface area (TPSA) is 43.1 Å². The van der Waals surface area contributed by atoms with Crippen LogP contribution in [0.1, 0.15) is 15.9 Å². The van der Waals surface area contributed by atoms with Crippen molar-refractivity contribution in [1.29, 1.82) is 0 Å². The number of carbonyl (C=O) groups is 1. The molecular weight excluding hydrogens is 335 g/mol. The van der Waals surface area contributed by atoms with Gasteiger partial charge in [0.05, 0.1) is 11.1 Å². The number of hydrogen-bond acceptors (Lipinski definition) is 1. The van der Waals surface area contributed by atoms with Crippen molar-refractivity contribution in [3.8, 4) is 11.1 Å². The van der Waals surface area contributed by atoms with Crippen LogP contribution in [0.4, 0.5) is 13.2 Å². The summed E-state index contributed by atoms with van der Waals surface area (Å²) in [5.41, 5.74) is 5.53. The highest BCUT2D eigenvalue weighted by Gasteiger charge is 2.30. The molecule has 2 N–H and O–H groups in total. The zero-order chi connectivity index (χ0) is 14.9. The standard InChI is InChI=1S/C14H9BrF3NO/c15-12-10(5-2-6-11(12)13(19)20)8-3-1-4-9(7-8)14(16,17)18/h1-7H,(H2,19,20). The molecule has 104 valence electrons. The maximum atomic E-state index is 12.7. The average molecular weight is 344 g/mol. The lowest BCUT2D eigenvalue weighted by molar-refractivity contribution is -0.137. The van der Waals surface area contributed by atoms with Gasteiger partial charge >= 0.3 is 6.18 Å². The summed E-state index contributed by atoms with van der Waals surface area (Å²) in [6.07, 6.45) is -4.41. The van der Waals surface area contributed by atoms with Gasteiger partial charge in [0.2, 0.25) is 5.91 Å². The molecule has 1 amide bonds. The van der Waals surface area contributed by atoms with E-state index in [1.807, 2.05) is 0 Å². The molecule has 0 heterocycles. The number of hydrogen-bond donors (Lipinski definition) is 1. The van der Waals surface area contributed by atoms with Crippen molar-refractivity contribution in [2.75, 3.05) is 0 Å². The molecule has 2 nitrogen and oxygen atoms in total. The van der Waals surface area contributed by atoms with E-state index in [1.54, 1.807) is 18.2 Å². The molecule has 0 fully saturated rings. The lowest BCUT2D eigenvalue weighted by Crippen LogP contribution is -2.12. The number of primary amides is 1. The third-order valence-electron chi connectivity index (χ3n) is 2.77. The van der Waals surface area contributed by atoms with Crippen molar-refractivity contribution in [3.05, 3.63) is 58.1 Å². The second-order valence-corrected chi connectivity index (χ2v) is 4.90. The summed E-state index contributed by atoms with van der Waals surface area (Å²) < 4.78 is 38.5. The Labute approximate surface area is 121 Å². The lowest BCUT2D eigenvalue weighted by Gasteiger charge is -2.11. The number of alkyl halides is 3. The van der Waals surface area contributed by atoms with Crippen LogP contribution in [0, 0.1) is 0 Å². The normalized spacial score (nSPS) is 11.4. The van der Waals surface area contributed by atoms with Crippen LogP contribution in [0.5, 0.6) is 0 Å². The van der Waals surface area contributed by atoms with Gasteiger partial charge in [0.25, 0.3) is 0 Å². The summed E-state index contributed by atoms with van der Waals surface area (Å²) in [4.78, 5) is 11.2. The number of amides is 1. The molecule has 6 heteroatoms. The van der Waals surface area contributed by atoms with Gasteiger partial charge in [0.1, 0.15) is 0 Å². The van der Waals surface area contributed by atoms with Crippen LogP contribution in [0.3, 0.4) is 0 Å². The molecule has 0 aromatic heterocycles. The SMILES string of the molecule is NC(=O)c1cccc(-c2cccc(C(F)(F)F)c2)c1Br. The Balaban J connectivity index is 2.58. The first kappa shape index (κ1) is 14.6. The van der Waals surface area contributed by atoms with Crippen molar-refractivity contribution < 1.29 is 18.0 Å². The van der Waals surface area contributed by atoms with E-state index in [0.29, 0.717) is 15.6 Å². The zero-order valence-corrected chi connectivity index (χ0v) is 11.6. The molecule has 0 saturated heterocycles. The van der Waals surface area contributed by atoms with Crippen LogP contribution >= 0.6 is 15.9 Å². The summed E-state index contributed by atoms with van der Waals surface area (Å²) >= 11 is 3.21. The Bertz CT molecular complexity index is 668. The predicted molar refractivity (Wildman–Crippen MR) is 73.1 cm³/mol. The minimum Gasteiger partial charge on any atom is -0.366 e. The maximum Gasteiger partial charge on any atom is 0.416 e. The molecule has 2 rings (SSSR count). The van der Waals surface area contributed by atoms with Gasteiger partial charge in [-0.05, 0) is 45.3 Å². The molecule has 0 aliphatic carbocycles. The summed E-state index contributed by atoms with van der Waals surface area (Å²) in [6.45, 7) is 0. The third-order valence-corrected chi connectivity index (χ3v) is 3.62. The van der Waals surface area contributed by atoms with Gasteiger partial charge < -0.3 is 5.73 Å². The van der Waals surface area contributed by atoms with Crippen molar-refractivity contribution in [1.82, 2.24) is 0 Å². The van der Waals surface area contributed by atoms with Crippen molar-refractivity contribution >= 4 is 21.8 Å². The smallest absolute Gasteiger partial charge is 0.366 e. The maximum absolute atomic E-state index is 12.7. The highest BCUT2D eigenvalue weighted by atomic mass is 79.9. The van der Waals surface area contributed by atoms with Gasteiger partial charge in [-0.25, -0.2) is 0 Å². The summed E-state index contributed by atoms with van der Waals surface area (Å²) in [5, 5.41) is 0. The van der Waals surface area contributed by atoms with Crippen molar-refractivity contribution in [2.24, 2.45) is 5.73 Å². The molecule has 0 spiro atoms. The van der Waals surface area contributed by atoms with Crippen LogP contribution in [-0.4, -0.2) is 5.91 Å².